The molecule has 5 aromatic rings. The quantitative estimate of drug-likeness (QED) is 0.117. The van der Waals surface area contributed by atoms with Gasteiger partial charge in [-0.2, -0.15) is 27.5 Å². The van der Waals surface area contributed by atoms with Crippen molar-refractivity contribution >= 4 is 40.2 Å². The number of hydrogen-bond donors (Lipinski definition) is 1. The van der Waals surface area contributed by atoms with E-state index in [4.69, 9.17) is 21.1 Å². The molecular formula is C37H34ClF5N6O4. The minimum Gasteiger partial charge on any atom is -0.497 e. The van der Waals surface area contributed by atoms with Crippen LogP contribution in [-0.4, -0.2) is 70.9 Å². The summed E-state index contributed by atoms with van der Waals surface area (Å²) in [4.78, 5) is 28.0. The lowest BCUT2D eigenvalue weighted by atomic mass is 9.98. The van der Waals surface area contributed by atoms with E-state index >= 15 is 8.78 Å². The van der Waals surface area contributed by atoms with Crippen molar-refractivity contribution in [2.75, 3.05) is 43.7 Å². The number of pyridine rings is 1. The number of carboxylic acid groups (broad SMARTS) is 1. The van der Waals surface area contributed by atoms with Gasteiger partial charge in [-0.25, -0.2) is 14.2 Å². The molecule has 0 unspecified atom stereocenters. The Morgan fingerprint density at radius 3 is 2.04 bits per heavy atom. The summed E-state index contributed by atoms with van der Waals surface area (Å²) in [5.74, 6) is -0.0757. The van der Waals surface area contributed by atoms with Crippen LogP contribution in [0.4, 0.5) is 38.4 Å². The molecule has 0 bridgehead atoms. The van der Waals surface area contributed by atoms with Gasteiger partial charge in [0, 0.05) is 44.2 Å². The van der Waals surface area contributed by atoms with Gasteiger partial charge in [0.1, 0.15) is 28.7 Å². The molecule has 3 heterocycles. The van der Waals surface area contributed by atoms with Crippen molar-refractivity contribution in [3.8, 4) is 22.8 Å². The van der Waals surface area contributed by atoms with Gasteiger partial charge in [-0.05, 0) is 66.9 Å². The smallest absolute Gasteiger partial charge is 0.418 e. The molecule has 53 heavy (non-hydrogen) atoms. The first kappa shape index (κ1) is 37.3. The Morgan fingerprint density at radius 2 is 1.53 bits per heavy atom. The molecule has 1 fully saturated rings. The normalized spacial score (nSPS) is 14.8. The minimum atomic E-state index is -4.99. The average molecular weight is 757 g/mol. The number of carbonyl (C=O) groups is 1. The predicted octanol–water partition coefficient (Wildman–Crippen LogP) is 8.36. The van der Waals surface area contributed by atoms with E-state index in [1.807, 2.05) is 24.3 Å². The predicted molar refractivity (Wildman–Crippen MR) is 190 cm³/mol. The second-order valence-electron chi connectivity index (χ2n) is 12.6. The summed E-state index contributed by atoms with van der Waals surface area (Å²) < 4.78 is 87.0. The van der Waals surface area contributed by atoms with Crippen LogP contribution in [0, 0.1) is 18.8 Å². The van der Waals surface area contributed by atoms with Crippen molar-refractivity contribution in [2.24, 2.45) is 0 Å². The summed E-state index contributed by atoms with van der Waals surface area (Å²) in [6, 6.07) is 16.2. The number of fused-ring (bicyclic) bond motifs is 1. The van der Waals surface area contributed by atoms with Gasteiger partial charge in [-0.15, -0.1) is 0 Å². The third kappa shape index (κ3) is 7.70. The molecule has 2 aromatic heterocycles. The highest BCUT2D eigenvalue weighted by Gasteiger charge is 2.39. The van der Waals surface area contributed by atoms with Crippen molar-refractivity contribution in [1.82, 2.24) is 19.9 Å². The molecule has 1 amide bonds. The lowest BCUT2D eigenvalue weighted by Crippen LogP contribution is -2.53. The molecule has 0 saturated carbocycles. The second-order valence-corrected chi connectivity index (χ2v) is 13.0. The van der Waals surface area contributed by atoms with E-state index in [2.05, 4.69) is 15.0 Å². The fourth-order valence-electron chi connectivity index (χ4n) is 6.51. The number of anilines is 2. The van der Waals surface area contributed by atoms with Gasteiger partial charge in [0.15, 0.2) is 5.82 Å². The molecule has 3 aromatic carbocycles. The standard InChI is InChI=1S/C37H34ClF5N6O4/c1-20-15-28(48(18-22-5-9-24(52-3)10-6-22)19-23-7-11-25(53-4)12-8-23)44-33(30(20)37(41,42)43)29-27(38)16-26-32(31(29)39)45-35(40)46-34(26)49-14-13-47(36(50)51)17-21(49)2/h5-12,15-16,21H,13-14,17-19H2,1-4H3,(H,50,51)/t21-/m0/s1. The van der Waals surface area contributed by atoms with Crippen LogP contribution >= 0.6 is 11.6 Å². The maximum absolute atomic E-state index is 16.8. The molecule has 10 nitrogen and oxygen atoms in total. The number of nitrogens with zero attached hydrogens (tertiary/aromatic N) is 6. The SMILES string of the molecule is COc1ccc(CN(Cc2ccc(OC)cc2)c2cc(C)c(C(F)(F)F)c(-c3c(Cl)cc4c(N5CCN(C(=O)O)C[C@@H]5C)nc(F)nc4c3F)n2)cc1. The lowest BCUT2D eigenvalue weighted by molar-refractivity contribution is -0.137. The molecule has 0 spiro atoms. The minimum absolute atomic E-state index is 0.0469. The van der Waals surface area contributed by atoms with E-state index in [1.54, 1.807) is 41.0 Å². The summed E-state index contributed by atoms with van der Waals surface area (Å²) in [6.07, 6.45) is -7.45. The Hall–Kier alpha value is -5.44. The lowest BCUT2D eigenvalue weighted by Gasteiger charge is -2.39. The summed E-state index contributed by atoms with van der Waals surface area (Å²) >= 11 is 6.68. The van der Waals surface area contributed by atoms with Gasteiger partial charge in [0.05, 0.1) is 36.1 Å². The molecule has 1 aliphatic heterocycles. The number of aryl methyl sites for hydroxylation is 1. The molecule has 1 saturated heterocycles. The van der Waals surface area contributed by atoms with Gasteiger partial charge < -0.3 is 29.3 Å². The Morgan fingerprint density at radius 1 is 0.943 bits per heavy atom. The molecule has 16 heteroatoms. The van der Waals surface area contributed by atoms with Gasteiger partial charge in [-0.3, -0.25) is 0 Å². The molecule has 278 valence electrons. The maximum Gasteiger partial charge on any atom is 0.418 e. The Kier molecular flexibility index (Phi) is 10.5. The van der Waals surface area contributed by atoms with E-state index in [0.29, 0.717) is 11.5 Å². The molecule has 0 radical (unpaired) electrons. The first-order valence-electron chi connectivity index (χ1n) is 16.4. The number of alkyl halides is 3. The number of ether oxygens (including phenoxy) is 2. The topological polar surface area (TPSA) is 104 Å². The van der Waals surface area contributed by atoms with Crippen molar-refractivity contribution in [1.29, 1.82) is 0 Å². The average Bonchev–Trinajstić information content (AvgIpc) is 3.11. The fourth-order valence-corrected chi connectivity index (χ4v) is 6.79. The van der Waals surface area contributed by atoms with Crippen LogP contribution in [0.5, 0.6) is 11.5 Å². The zero-order valence-corrected chi connectivity index (χ0v) is 29.8. The van der Waals surface area contributed by atoms with Crippen LogP contribution in [0.15, 0.2) is 60.7 Å². The van der Waals surface area contributed by atoms with Crippen LogP contribution < -0.4 is 19.3 Å². The van der Waals surface area contributed by atoms with E-state index in [1.165, 1.54) is 38.2 Å². The molecule has 1 atom stereocenters. The first-order chi connectivity index (χ1) is 25.2. The van der Waals surface area contributed by atoms with Crippen molar-refractivity contribution in [2.45, 2.75) is 39.2 Å². The van der Waals surface area contributed by atoms with E-state index in [-0.39, 0.29) is 55.3 Å². The van der Waals surface area contributed by atoms with Gasteiger partial charge in [-0.1, -0.05) is 35.9 Å². The van der Waals surface area contributed by atoms with Crippen LogP contribution in [-0.2, 0) is 19.3 Å². The Labute approximate surface area is 306 Å². The Balaban J connectivity index is 1.51. The molecule has 6 rings (SSSR count). The third-order valence-electron chi connectivity index (χ3n) is 9.12. The van der Waals surface area contributed by atoms with Crippen LogP contribution in [0.3, 0.4) is 0 Å². The van der Waals surface area contributed by atoms with Crippen LogP contribution in [0.1, 0.15) is 29.2 Å². The summed E-state index contributed by atoms with van der Waals surface area (Å²) in [5.41, 5.74) is -2.01. The highest BCUT2D eigenvalue weighted by Crippen LogP contribution is 2.45. The van der Waals surface area contributed by atoms with Crippen molar-refractivity contribution < 1.29 is 41.3 Å². The number of benzene rings is 3. The van der Waals surface area contributed by atoms with E-state index in [0.717, 1.165) is 11.1 Å². The summed E-state index contributed by atoms with van der Waals surface area (Å²) in [5, 5.41) is 8.94. The van der Waals surface area contributed by atoms with E-state index < -0.39 is 57.6 Å². The number of amides is 1. The monoisotopic (exact) mass is 756 g/mol. The zero-order valence-electron chi connectivity index (χ0n) is 29.0. The summed E-state index contributed by atoms with van der Waals surface area (Å²) in [6.45, 7) is 3.50. The number of piperazine rings is 1. The highest BCUT2D eigenvalue weighted by atomic mass is 35.5. The highest BCUT2D eigenvalue weighted by molar-refractivity contribution is 6.34. The van der Waals surface area contributed by atoms with Gasteiger partial charge >= 0.3 is 18.3 Å². The first-order valence-corrected chi connectivity index (χ1v) is 16.8. The molecule has 0 aliphatic carbocycles. The van der Waals surface area contributed by atoms with Crippen LogP contribution in [0.25, 0.3) is 22.2 Å². The van der Waals surface area contributed by atoms with Gasteiger partial charge in [0.25, 0.3) is 0 Å². The van der Waals surface area contributed by atoms with Crippen molar-refractivity contribution in [3.05, 3.63) is 99.8 Å². The number of rotatable bonds is 9. The molecular weight excluding hydrogens is 723 g/mol. The maximum atomic E-state index is 16.8. The zero-order chi connectivity index (χ0) is 38.2. The summed E-state index contributed by atoms with van der Waals surface area (Å²) in [7, 11) is 3.06. The second kappa shape index (κ2) is 14.9. The number of methoxy groups -OCH3 is 2. The fraction of sp³-hybridized carbons (Fsp3) is 0.297. The van der Waals surface area contributed by atoms with Crippen LogP contribution in [0.2, 0.25) is 5.02 Å². The van der Waals surface area contributed by atoms with Crippen molar-refractivity contribution in [3.63, 3.8) is 0 Å². The molecule has 1 N–H and O–H groups in total. The number of aromatic nitrogens is 3. The third-order valence-corrected chi connectivity index (χ3v) is 9.42. The Bertz CT molecular complexity index is 2110. The van der Waals surface area contributed by atoms with E-state index in [9.17, 15) is 23.1 Å². The van der Waals surface area contributed by atoms with Gasteiger partial charge in [0.2, 0.25) is 0 Å². The largest absolute Gasteiger partial charge is 0.497 e. The number of halogens is 6. The number of hydrogen-bond acceptors (Lipinski definition) is 8. The molecule has 1 aliphatic rings.